The highest BCUT2D eigenvalue weighted by Crippen LogP contribution is 2.39. The molecule has 0 saturated heterocycles. The van der Waals surface area contributed by atoms with E-state index in [0.717, 1.165) is 5.56 Å². The number of anilines is 1. The molecule has 1 amide bonds. The number of carbonyl (C=O) groups excluding carboxylic acids is 1. The number of carbonyl (C=O) groups is 1. The minimum Gasteiger partial charge on any atom is -0.489 e. The van der Waals surface area contributed by atoms with Gasteiger partial charge in [0.15, 0.2) is 5.16 Å². The zero-order valence-electron chi connectivity index (χ0n) is 18.1. The first-order valence-electron chi connectivity index (χ1n) is 10.4. The lowest BCUT2D eigenvalue weighted by Crippen LogP contribution is -2.33. The van der Waals surface area contributed by atoms with Crippen molar-refractivity contribution in [1.82, 2.24) is 9.55 Å². The number of hydrogen-bond acceptors (Lipinski definition) is 5. The predicted octanol–water partition coefficient (Wildman–Crippen LogP) is 4.42. The summed E-state index contributed by atoms with van der Waals surface area (Å²) >= 11 is 1.48. The lowest BCUT2D eigenvalue weighted by atomic mass is 9.86. The third-order valence-corrected chi connectivity index (χ3v) is 6.65. The van der Waals surface area contributed by atoms with Crippen LogP contribution in [0, 0.1) is 6.92 Å². The van der Waals surface area contributed by atoms with Crippen molar-refractivity contribution in [2.45, 2.75) is 30.2 Å². The van der Waals surface area contributed by atoms with Crippen LogP contribution < -0.4 is 15.6 Å². The SMILES string of the molecule is C=CCOc1ccccc1C1CC(=O)Nc2c1c(=O)nc(SCc1ccccc1C)n2C. The molecule has 7 heteroatoms. The van der Waals surface area contributed by atoms with Crippen molar-refractivity contribution in [3.8, 4) is 5.75 Å². The van der Waals surface area contributed by atoms with Gasteiger partial charge in [-0.15, -0.1) is 0 Å². The normalized spacial score (nSPS) is 15.1. The molecular formula is C25H25N3O3S. The number of para-hydroxylation sites is 1. The van der Waals surface area contributed by atoms with Crippen molar-refractivity contribution in [3.63, 3.8) is 0 Å². The lowest BCUT2D eigenvalue weighted by molar-refractivity contribution is -0.116. The fourth-order valence-electron chi connectivity index (χ4n) is 3.89. The Bertz CT molecular complexity index is 1240. The molecule has 0 spiro atoms. The molecule has 0 aliphatic carbocycles. The van der Waals surface area contributed by atoms with Crippen LogP contribution in [0.25, 0.3) is 0 Å². The quantitative estimate of drug-likeness (QED) is 0.330. The van der Waals surface area contributed by atoms with Crippen LogP contribution >= 0.6 is 11.8 Å². The Morgan fingerprint density at radius 3 is 2.75 bits per heavy atom. The fraction of sp³-hybridized carbons (Fsp3) is 0.240. The van der Waals surface area contributed by atoms with Gasteiger partial charge in [0.25, 0.3) is 5.56 Å². The highest BCUT2D eigenvalue weighted by Gasteiger charge is 2.33. The number of benzene rings is 2. The van der Waals surface area contributed by atoms with E-state index in [2.05, 4.69) is 35.9 Å². The maximum atomic E-state index is 13.2. The molecule has 164 valence electrons. The van der Waals surface area contributed by atoms with Crippen LogP contribution in [0.3, 0.4) is 0 Å². The molecule has 3 aromatic rings. The number of aromatic nitrogens is 2. The molecule has 1 aromatic heterocycles. The molecule has 6 nitrogen and oxygen atoms in total. The van der Waals surface area contributed by atoms with Gasteiger partial charge >= 0.3 is 0 Å². The summed E-state index contributed by atoms with van der Waals surface area (Å²) in [5.74, 6) is 1.25. The van der Waals surface area contributed by atoms with Gasteiger partial charge in [-0.25, -0.2) is 0 Å². The molecule has 1 aliphatic heterocycles. The zero-order valence-corrected chi connectivity index (χ0v) is 18.9. The number of ether oxygens (including phenoxy) is 1. The van der Waals surface area contributed by atoms with E-state index in [9.17, 15) is 9.59 Å². The zero-order chi connectivity index (χ0) is 22.7. The molecule has 0 radical (unpaired) electrons. The summed E-state index contributed by atoms with van der Waals surface area (Å²) in [6.45, 7) is 6.09. The molecule has 0 fully saturated rings. The van der Waals surface area contributed by atoms with Crippen molar-refractivity contribution in [3.05, 3.63) is 93.8 Å². The molecular weight excluding hydrogens is 422 g/mol. The summed E-state index contributed by atoms with van der Waals surface area (Å²) in [7, 11) is 1.83. The van der Waals surface area contributed by atoms with E-state index in [-0.39, 0.29) is 17.9 Å². The van der Waals surface area contributed by atoms with Gasteiger partial charge in [0.1, 0.15) is 18.2 Å². The number of fused-ring (bicyclic) bond motifs is 1. The van der Waals surface area contributed by atoms with Gasteiger partial charge in [-0.05, 0) is 24.1 Å². The molecule has 4 rings (SSSR count). The topological polar surface area (TPSA) is 73.2 Å². The van der Waals surface area contributed by atoms with Gasteiger partial charge in [-0.1, -0.05) is 66.9 Å². The first-order chi connectivity index (χ1) is 15.5. The molecule has 0 saturated carbocycles. The molecule has 1 unspecified atom stereocenters. The average Bonchev–Trinajstić information content (AvgIpc) is 2.79. The van der Waals surface area contributed by atoms with E-state index in [1.54, 1.807) is 10.6 Å². The Kier molecular flexibility index (Phi) is 6.46. The van der Waals surface area contributed by atoms with Crippen LogP contribution in [0.2, 0.25) is 0 Å². The second kappa shape index (κ2) is 9.44. The second-order valence-electron chi connectivity index (χ2n) is 7.68. The van der Waals surface area contributed by atoms with E-state index in [0.29, 0.717) is 34.6 Å². The maximum Gasteiger partial charge on any atom is 0.279 e. The highest BCUT2D eigenvalue weighted by atomic mass is 32.2. The van der Waals surface area contributed by atoms with E-state index < -0.39 is 5.92 Å². The summed E-state index contributed by atoms with van der Waals surface area (Å²) in [5, 5.41) is 3.46. The molecule has 0 bridgehead atoms. The summed E-state index contributed by atoms with van der Waals surface area (Å²) in [6, 6.07) is 15.6. The largest absolute Gasteiger partial charge is 0.489 e. The van der Waals surface area contributed by atoms with Crippen molar-refractivity contribution in [2.24, 2.45) is 7.05 Å². The molecule has 1 aliphatic rings. The van der Waals surface area contributed by atoms with E-state index in [1.807, 2.05) is 43.4 Å². The van der Waals surface area contributed by atoms with Crippen molar-refractivity contribution < 1.29 is 9.53 Å². The number of nitrogens with one attached hydrogen (secondary N) is 1. The van der Waals surface area contributed by atoms with Crippen LogP contribution in [-0.4, -0.2) is 22.1 Å². The third-order valence-electron chi connectivity index (χ3n) is 5.57. The number of thioether (sulfide) groups is 1. The van der Waals surface area contributed by atoms with Crippen LogP contribution in [0.15, 0.2) is 71.1 Å². The van der Waals surface area contributed by atoms with Gasteiger partial charge in [0, 0.05) is 30.7 Å². The van der Waals surface area contributed by atoms with Gasteiger partial charge in [-0.3, -0.25) is 9.59 Å². The Hall–Kier alpha value is -3.32. The average molecular weight is 448 g/mol. The van der Waals surface area contributed by atoms with Gasteiger partial charge in [0.2, 0.25) is 5.91 Å². The number of nitrogens with zero attached hydrogens (tertiary/aromatic N) is 2. The summed E-state index contributed by atoms with van der Waals surface area (Å²) in [6.07, 6.45) is 1.82. The Morgan fingerprint density at radius 1 is 1.22 bits per heavy atom. The summed E-state index contributed by atoms with van der Waals surface area (Å²) in [5.41, 5.74) is 3.33. The van der Waals surface area contributed by atoms with Gasteiger partial charge in [-0.2, -0.15) is 4.98 Å². The monoisotopic (exact) mass is 447 g/mol. The van der Waals surface area contributed by atoms with Crippen molar-refractivity contribution in [2.75, 3.05) is 11.9 Å². The minimum atomic E-state index is -0.429. The van der Waals surface area contributed by atoms with Crippen LogP contribution in [-0.2, 0) is 17.6 Å². The molecule has 1 N–H and O–H groups in total. The van der Waals surface area contributed by atoms with Crippen molar-refractivity contribution in [1.29, 1.82) is 0 Å². The van der Waals surface area contributed by atoms with Gasteiger partial charge in [0.05, 0.1) is 5.56 Å². The molecule has 32 heavy (non-hydrogen) atoms. The first-order valence-corrected chi connectivity index (χ1v) is 11.4. The van der Waals surface area contributed by atoms with Crippen molar-refractivity contribution >= 4 is 23.5 Å². The summed E-state index contributed by atoms with van der Waals surface area (Å²) in [4.78, 5) is 30.2. The third kappa shape index (κ3) is 4.34. The smallest absolute Gasteiger partial charge is 0.279 e. The number of hydrogen-bond donors (Lipinski definition) is 1. The second-order valence-corrected chi connectivity index (χ2v) is 8.62. The Labute approximate surface area is 191 Å². The fourth-order valence-corrected chi connectivity index (χ4v) is 4.93. The Balaban J connectivity index is 1.73. The first kappa shape index (κ1) is 21.9. The summed E-state index contributed by atoms with van der Waals surface area (Å²) < 4.78 is 7.60. The van der Waals surface area contributed by atoms with Crippen LogP contribution in [0.5, 0.6) is 5.75 Å². The predicted molar refractivity (Wildman–Crippen MR) is 127 cm³/mol. The minimum absolute atomic E-state index is 0.142. The van der Waals surface area contributed by atoms with E-state index in [1.165, 1.54) is 22.9 Å². The number of rotatable bonds is 7. The number of aryl methyl sites for hydroxylation is 1. The maximum absolute atomic E-state index is 13.2. The lowest BCUT2D eigenvalue weighted by Gasteiger charge is -2.28. The molecule has 1 atom stereocenters. The van der Waals surface area contributed by atoms with Crippen LogP contribution in [0.1, 0.15) is 34.6 Å². The standard InChI is InChI=1S/C25H25N3O3S/c1-4-13-31-20-12-8-7-11-18(20)19-14-21(29)26-23-22(19)24(30)27-25(28(23)3)32-15-17-10-6-5-9-16(17)2/h4-12,19H,1,13-15H2,2-3H3,(H,26,29). The molecule has 2 aromatic carbocycles. The van der Waals surface area contributed by atoms with Gasteiger partial charge < -0.3 is 14.6 Å². The van der Waals surface area contributed by atoms with Crippen LogP contribution in [0.4, 0.5) is 5.82 Å². The van der Waals surface area contributed by atoms with E-state index >= 15 is 0 Å². The highest BCUT2D eigenvalue weighted by molar-refractivity contribution is 7.98. The Morgan fingerprint density at radius 2 is 1.97 bits per heavy atom. The van der Waals surface area contributed by atoms with E-state index in [4.69, 9.17) is 4.74 Å². The number of amides is 1. The molecule has 2 heterocycles.